The summed E-state index contributed by atoms with van der Waals surface area (Å²) >= 11 is 0. The Hall–Kier alpha value is -1.06. The third-order valence-corrected chi connectivity index (χ3v) is 1.88. The molecule has 0 aliphatic carbocycles. The van der Waals surface area contributed by atoms with Crippen molar-refractivity contribution in [3.8, 4) is 0 Å². The van der Waals surface area contributed by atoms with Crippen LogP contribution in [0.25, 0.3) is 0 Å². The molecule has 0 aromatic carbocycles. The van der Waals surface area contributed by atoms with E-state index in [1.165, 1.54) is 6.92 Å². The van der Waals surface area contributed by atoms with E-state index in [0.717, 1.165) is 30.6 Å². The molecule has 0 fully saturated rings. The van der Waals surface area contributed by atoms with Crippen LogP contribution in [0.15, 0.2) is 0 Å². The minimum Gasteiger partial charge on any atom is -0.351 e. The summed E-state index contributed by atoms with van der Waals surface area (Å²) in [5, 5.41) is 0. The van der Waals surface area contributed by atoms with Gasteiger partial charge in [-0.05, 0) is 6.42 Å². The van der Waals surface area contributed by atoms with Gasteiger partial charge in [0.1, 0.15) is 0 Å². The summed E-state index contributed by atoms with van der Waals surface area (Å²) in [6, 6.07) is -0.649. The Labute approximate surface area is 79.1 Å². The van der Waals surface area contributed by atoms with E-state index in [-0.39, 0.29) is 5.91 Å². The van der Waals surface area contributed by atoms with E-state index in [1.807, 2.05) is 0 Å². The van der Waals surface area contributed by atoms with Gasteiger partial charge in [0.05, 0.1) is 0 Å². The van der Waals surface area contributed by atoms with Crippen LogP contribution in [0.5, 0.6) is 0 Å². The van der Waals surface area contributed by atoms with Crippen LogP contribution < -0.4 is 5.73 Å². The summed E-state index contributed by atoms with van der Waals surface area (Å²) in [5.74, 6) is -0.274. The first kappa shape index (κ1) is 11.9. The van der Waals surface area contributed by atoms with Crippen molar-refractivity contribution >= 4 is 11.9 Å². The van der Waals surface area contributed by atoms with Crippen molar-refractivity contribution in [2.45, 2.75) is 39.5 Å². The second-order valence-corrected chi connectivity index (χ2v) is 3.07. The molecule has 0 bridgehead atoms. The molecule has 13 heavy (non-hydrogen) atoms. The molecule has 4 heteroatoms. The smallest absolute Gasteiger partial charge is 0.321 e. The minimum atomic E-state index is -0.649. The average molecular weight is 186 g/mol. The summed E-state index contributed by atoms with van der Waals surface area (Å²) in [7, 11) is 0. The number of amides is 3. The molecule has 0 aliphatic heterocycles. The van der Waals surface area contributed by atoms with Crippen LogP contribution in [-0.4, -0.2) is 23.4 Å². The van der Waals surface area contributed by atoms with Gasteiger partial charge in [0, 0.05) is 13.5 Å². The lowest BCUT2D eigenvalue weighted by atomic mass is 10.2. The molecule has 2 N–H and O–H groups in total. The maximum absolute atomic E-state index is 10.9. The van der Waals surface area contributed by atoms with Gasteiger partial charge in [-0.25, -0.2) is 4.79 Å². The van der Waals surface area contributed by atoms with Crippen LogP contribution in [0.4, 0.5) is 4.79 Å². The molecule has 0 heterocycles. The number of hydrogen-bond acceptors (Lipinski definition) is 2. The predicted molar refractivity (Wildman–Crippen MR) is 51.1 cm³/mol. The number of carbonyl (C=O) groups is 2. The molecular weight excluding hydrogens is 168 g/mol. The van der Waals surface area contributed by atoms with E-state index in [1.54, 1.807) is 0 Å². The second kappa shape index (κ2) is 6.46. The monoisotopic (exact) mass is 186 g/mol. The van der Waals surface area contributed by atoms with Gasteiger partial charge < -0.3 is 5.73 Å². The lowest BCUT2D eigenvalue weighted by Crippen LogP contribution is -2.39. The summed E-state index contributed by atoms with van der Waals surface area (Å²) in [6.07, 6.45) is 4.14. The Balaban J connectivity index is 3.71. The molecular formula is C9H18N2O2. The highest BCUT2D eigenvalue weighted by atomic mass is 16.2. The zero-order valence-corrected chi connectivity index (χ0v) is 8.38. The van der Waals surface area contributed by atoms with Gasteiger partial charge in [-0.3, -0.25) is 9.69 Å². The van der Waals surface area contributed by atoms with E-state index in [9.17, 15) is 9.59 Å². The van der Waals surface area contributed by atoms with Gasteiger partial charge in [0.2, 0.25) is 5.91 Å². The van der Waals surface area contributed by atoms with Crippen LogP contribution in [0.1, 0.15) is 39.5 Å². The molecule has 0 rings (SSSR count). The number of urea groups is 1. The van der Waals surface area contributed by atoms with E-state index in [2.05, 4.69) is 6.92 Å². The zero-order valence-electron chi connectivity index (χ0n) is 8.38. The van der Waals surface area contributed by atoms with E-state index >= 15 is 0 Å². The van der Waals surface area contributed by atoms with Crippen molar-refractivity contribution in [1.82, 2.24) is 4.90 Å². The van der Waals surface area contributed by atoms with E-state index in [0.29, 0.717) is 6.54 Å². The molecule has 0 spiro atoms. The third-order valence-electron chi connectivity index (χ3n) is 1.88. The van der Waals surface area contributed by atoms with Crippen LogP contribution in [0, 0.1) is 0 Å². The molecule has 0 unspecified atom stereocenters. The highest BCUT2D eigenvalue weighted by Crippen LogP contribution is 2.01. The molecule has 0 aromatic rings. The highest BCUT2D eigenvalue weighted by molar-refractivity contribution is 5.92. The van der Waals surface area contributed by atoms with Crippen LogP contribution in [0.2, 0.25) is 0 Å². The first-order valence-electron chi connectivity index (χ1n) is 4.67. The Morgan fingerprint density at radius 2 is 1.85 bits per heavy atom. The van der Waals surface area contributed by atoms with Gasteiger partial charge in [0.25, 0.3) is 0 Å². The summed E-state index contributed by atoms with van der Waals surface area (Å²) in [6.45, 7) is 3.91. The SMILES string of the molecule is CCCCCCN(C(C)=O)C(N)=O. The van der Waals surface area contributed by atoms with Crippen molar-refractivity contribution in [3.05, 3.63) is 0 Å². The quantitative estimate of drug-likeness (QED) is 0.661. The number of hydrogen-bond donors (Lipinski definition) is 1. The van der Waals surface area contributed by atoms with Crippen molar-refractivity contribution < 1.29 is 9.59 Å². The van der Waals surface area contributed by atoms with Gasteiger partial charge in [-0.15, -0.1) is 0 Å². The van der Waals surface area contributed by atoms with Gasteiger partial charge in [0.15, 0.2) is 0 Å². The number of primary amides is 1. The fraction of sp³-hybridized carbons (Fsp3) is 0.778. The number of nitrogens with two attached hydrogens (primary N) is 1. The Morgan fingerprint density at radius 1 is 1.23 bits per heavy atom. The Morgan fingerprint density at radius 3 is 2.23 bits per heavy atom. The van der Waals surface area contributed by atoms with Gasteiger partial charge in [-0.2, -0.15) is 0 Å². The van der Waals surface area contributed by atoms with Crippen LogP contribution >= 0.6 is 0 Å². The lowest BCUT2D eigenvalue weighted by Gasteiger charge is -2.15. The molecule has 4 nitrogen and oxygen atoms in total. The zero-order chi connectivity index (χ0) is 10.3. The highest BCUT2D eigenvalue weighted by Gasteiger charge is 2.12. The van der Waals surface area contributed by atoms with Crippen molar-refractivity contribution in [3.63, 3.8) is 0 Å². The van der Waals surface area contributed by atoms with Gasteiger partial charge in [-0.1, -0.05) is 26.2 Å². The molecule has 76 valence electrons. The third kappa shape index (κ3) is 5.22. The first-order valence-corrected chi connectivity index (χ1v) is 4.67. The summed E-state index contributed by atoms with van der Waals surface area (Å²) in [4.78, 5) is 22.7. The number of imide groups is 1. The summed E-state index contributed by atoms with van der Waals surface area (Å²) < 4.78 is 0. The van der Waals surface area contributed by atoms with Crippen molar-refractivity contribution in [2.75, 3.05) is 6.54 Å². The summed E-state index contributed by atoms with van der Waals surface area (Å²) in [5.41, 5.74) is 5.02. The second-order valence-electron chi connectivity index (χ2n) is 3.07. The largest absolute Gasteiger partial charge is 0.351 e. The first-order chi connectivity index (χ1) is 6.09. The molecule has 0 atom stereocenters. The van der Waals surface area contributed by atoms with E-state index in [4.69, 9.17) is 5.73 Å². The normalized spacial score (nSPS) is 9.69. The maximum Gasteiger partial charge on any atom is 0.321 e. The van der Waals surface area contributed by atoms with Crippen molar-refractivity contribution in [1.29, 1.82) is 0 Å². The Kier molecular flexibility index (Phi) is 5.93. The fourth-order valence-corrected chi connectivity index (χ4v) is 1.12. The molecule has 3 amide bonds. The number of nitrogens with zero attached hydrogens (tertiary/aromatic N) is 1. The average Bonchev–Trinajstić information content (AvgIpc) is 2.02. The van der Waals surface area contributed by atoms with Crippen LogP contribution in [0.3, 0.4) is 0 Å². The predicted octanol–water partition coefficient (Wildman–Crippen LogP) is 1.49. The number of carbonyl (C=O) groups excluding carboxylic acids is 2. The van der Waals surface area contributed by atoms with Crippen molar-refractivity contribution in [2.24, 2.45) is 5.73 Å². The molecule has 0 saturated carbocycles. The number of unbranched alkanes of at least 4 members (excludes halogenated alkanes) is 3. The van der Waals surface area contributed by atoms with E-state index < -0.39 is 6.03 Å². The molecule has 0 aromatic heterocycles. The molecule has 0 aliphatic rings. The topological polar surface area (TPSA) is 63.4 Å². The molecule has 0 radical (unpaired) electrons. The standard InChI is InChI=1S/C9H18N2O2/c1-3-4-5-6-7-11(8(2)12)9(10)13/h3-7H2,1-2H3,(H2,10,13). The molecule has 0 saturated heterocycles. The van der Waals surface area contributed by atoms with Gasteiger partial charge >= 0.3 is 6.03 Å². The minimum absolute atomic E-state index is 0.274. The van der Waals surface area contributed by atoms with Crippen LogP contribution in [-0.2, 0) is 4.79 Å². The lowest BCUT2D eigenvalue weighted by molar-refractivity contribution is -0.125. The fourth-order valence-electron chi connectivity index (χ4n) is 1.12. The Bertz CT molecular complexity index is 166. The number of rotatable bonds is 5. The maximum atomic E-state index is 10.9.